The van der Waals surface area contributed by atoms with E-state index in [0.717, 1.165) is 25.7 Å². The molecule has 3 aromatic carbocycles. The Kier molecular flexibility index (Phi) is 4.03. The first-order valence-corrected chi connectivity index (χ1v) is 11.4. The van der Waals surface area contributed by atoms with Crippen molar-refractivity contribution in [3.8, 4) is 0 Å². The van der Waals surface area contributed by atoms with E-state index in [1.54, 1.807) is 0 Å². The minimum Gasteiger partial charge on any atom is -0.299 e. The van der Waals surface area contributed by atoms with E-state index >= 15 is 0 Å². The molecule has 4 aliphatic carbocycles. The van der Waals surface area contributed by atoms with Gasteiger partial charge in [0.05, 0.1) is 5.41 Å². The van der Waals surface area contributed by atoms with E-state index < -0.39 is 0 Å². The molecule has 1 heteroatoms. The summed E-state index contributed by atoms with van der Waals surface area (Å²) in [5.41, 5.74) is 3.97. The van der Waals surface area contributed by atoms with E-state index in [2.05, 4.69) is 91.0 Å². The van der Waals surface area contributed by atoms with Crippen molar-refractivity contribution in [3.05, 3.63) is 108 Å². The Morgan fingerprint density at radius 1 is 0.600 bits per heavy atom. The summed E-state index contributed by atoms with van der Waals surface area (Å²) in [5.74, 6) is 1.76. The molecule has 3 aromatic rings. The molecule has 4 aliphatic rings. The Hall–Kier alpha value is -2.67. The molecule has 4 atom stereocenters. The summed E-state index contributed by atoms with van der Waals surface area (Å²) < 4.78 is 0. The Bertz CT molecular complexity index is 939. The van der Waals surface area contributed by atoms with Crippen LogP contribution >= 0.6 is 0 Å². The lowest BCUT2D eigenvalue weighted by molar-refractivity contribution is -0.151. The lowest BCUT2D eigenvalue weighted by atomic mass is 9.39. The fourth-order valence-electron chi connectivity index (χ4n) is 7.69. The van der Waals surface area contributed by atoms with E-state index in [0.29, 0.717) is 11.7 Å². The van der Waals surface area contributed by atoms with Crippen LogP contribution in [0.3, 0.4) is 0 Å². The van der Waals surface area contributed by atoms with Gasteiger partial charge in [0, 0.05) is 11.8 Å². The minimum absolute atomic E-state index is 0.0848. The van der Waals surface area contributed by atoms with Crippen LogP contribution in [0, 0.1) is 23.2 Å². The van der Waals surface area contributed by atoms with Gasteiger partial charge in [-0.1, -0.05) is 91.0 Å². The van der Waals surface area contributed by atoms with Crippen LogP contribution in [0.1, 0.15) is 48.8 Å². The van der Waals surface area contributed by atoms with Crippen molar-refractivity contribution < 1.29 is 4.79 Å². The quantitative estimate of drug-likeness (QED) is 0.469. The molecule has 2 unspecified atom stereocenters. The average molecular weight is 393 g/mol. The molecule has 0 heterocycles. The van der Waals surface area contributed by atoms with Gasteiger partial charge in [-0.2, -0.15) is 0 Å². The van der Waals surface area contributed by atoms with Crippen LogP contribution in [-0.2, 0) is 10.2 Å². The van der Waals surface area contributed by atoms with Crippen LogP contribution in [0.25, 0.3) is 0 Å². The number of carbonyl (C=O) groups is 1. The second-order valence-electron chi connectivity index (χ2n) is 9.87. The number of ketones is 1. The van der Waals surface area contributed by atoms with Gasteiger partial charge in [-0.3, -0.25) is 4.79 Å². The minimum atomic E-state index is -0.229. The molecule has 0 amide bonds. The monoisotopic (exact) mass is 392 g/mol. The van der Waals surface area contributed by atoms with Crippen molar-refractivity contribution in [1.29, 1.82) is 0 Å². The van der Waals surface area contributed by atoms with Gasteiger partial charge in [-0.15, -0.1) is 0 Å². The molecule has 4 bridgehead atoms. The highest BCUT2D eigenvalue weighted by atomic mass is 16.1. The number of Topliss-reactive ketones (excluding diaryl/α,β-unsaturated/α-hetero) is 1. The summed E-state index contributed by atoms with van der Waals surface area (Å²) in [6.45, 7) is 0. The van der Waals surface area contributed by atoms with Gasteiger partial charge in [-0.05, 0) is 60.1 Å². The molecule has 4 saturated carbocycles. The van der Waals surface area contributed by atoms with Gasteiger partial charge in [0.15, 0.2) is 0 Å². The fraction of sp³-hybridized carbons (Fsp3) is 0.345. The highest BCUT2D eigenvalue weighted by molar-refractivity contribution is 5.86. The third-order valence-electron chi connectivity index (χ3n) is 8.41. The van der Waals surface area contributed by atoms with Crippen molar-refractivity contribution in [2.24, 2.45) is 23.2 Å². The van der Waals surface area contributed by atoms with Crippen LogP contribution < -0.4 is 0 Å². The second-order valence-corrected chi connectivity index (χ2v) is 9.87. The molecule has 1 nitrogen and oxygen atoms in total. The van der Waals surface area contributed by atoms with Crippen LogP contribution in [0.5, 0.6) is 0 Å². The van der Waals surface area contributed by atoms with Crippen LogP contribution in [0.4, 0.5) is 0 Å². The van der Waals surface area contributed by atoms with Crippen molar-refractivity contribution in [2.75, 3.05) is 0 Å². The van der Waals surface area contributed by atoms with Gasteiger partial charge in [0.25, 0.3) is 0 Å². The molecule has 0 aromatic heterocycles. The first-order chi connectivity index (χ1) is 14.7. The highest BCUT2D eigenvalue weighted by Gasteiger charge is 2.64. The van der Waals surface area contributed by atoms with Gasteiger partial charge in [-0.25, -0.2) is 0 Å². The third kappa shape index (κ3) is 2.38. The van der Waals surface area contributed by atoms with Gasteiger partial charge < -0.3 is 0 Å². The predicted octanol–water partition coefficient (Wildman–Crippen LogP) is 6.42. The molecule has 150 valence electrons. The maximum absolute atomic E-state index is 13.1. The Morgan fingerprint density at radius 3 is 1.40 bits per heavy atom. The largest absolute Gasteiger partial charge is 0.299 e. The van der Waals surface area contributed by atoms with E-state index in [-0.39, 0.29) is 22.7 Å². The zero-order valence-electron chi connectivity index (χ0n) is 17.3. The zero-order chi connectivity index (χ0) is 20.2. The molecular formula is C29H28O. The summed E-state index contributed by atoms with van der Waals surface area (Å²) in [5, 5.41) is 0. The Balaban J connectivity index is 1.69. The molecule has 0 saturated heterocycles. The lowest BCUT2D eigenvalue weighted by Gasteiger charge is -2.63. The maximum atomic E-state index is 13.1. The topological polar surface area (TPSA) is 17.1 Å². The Morgan fingerprint density at radius 2 is 1.00 bits per heavy atom. The van der Waals surface area contributed by atoms with Gasteiger partial charge >= 0.3 is 0 Å². The zero-order valence-corrected chi connectivity index (χ0v) is 17.3. The normalized spacial score (nSPS) is 29.9. The molecule has 0 radical (unpaired) electrons. The Labute approximate surface area is 179 Å². The van der Waals surface area contributed by atoms with Crippen molar-refractivity contribution in [3.63, 3.8) is 0 Å². The lowest BCUT2D eigenvalue weighted by Crippen LogP contribution is -2.60. The number of carbonyl (C=O) groups excluding carboxylic acids is 1. The van der Waals surface area contributed by atoms with E-state index in [1.165, 1.54) is 23.1 Å². The number of hydrogen-bond donors (Lipinski definition) is 0. The number of rotatable bonds is 4. The smallest absolute Gasteiger partial charge is 0.139 e. The third-order valence-corrected chi connectivity index (χ3v) is 8.41. The first kappa shape index (κ1) is 18.1. The fourth-order valence-corrected chi connectivity index (χ4v) is 7.69. The van der Waals surface area contributed by atoms with E-state index in [9.17, 15) is 4.79 Å². The highest BCUT2D eigenvalue weighted by Crippen LogP contribution is 2.68. The van der Waals surface area contributed by atoms with Crippen LogP contribution in [-0.4, -0.2) is 5.78 Å². The summed E-state index contributed by atoms with van der Waals surface area (Å²) in [6, 6.07) is 33.4. The predicted molar refractivity (Wildman–Crippen MR) is 120 cm³/mol. The molecule has 4 fully saturated rings. The summed E-state index contributed by atoms with van der Waals surface area (Å²) in [4.78, 5) is 13.1. The standard InChI is InChI=1S/C29H28O/c30-27-22-16-21-17-23(27)20-28(18-21,19-22)29(24-10-4-1-5-11-24,25-12-6-2-7-13-25)26-14-8-3-9-15-26/h1-15,21-23H,16-20H2/t21?,22-,23+,28?. The summed E-state index contributed by atoms with van der Waals surface area (Å²) in [7, 11) is 0. The van der Waals surface area contributed by atoms with Crippen molar-refractivity contribution in [2.45, 2.75) is 37.5 Å². The molecular weight excluding hydrogens is 364 g/mol. The molecule has 0 spiro atoms. The SMILES string of the molecule is O=C1[C@@H]2CC3C[C@H]1CC(C(c1ccccc1)(c1ccccc1)c1ccccc1)(C3)C2. The van der Waals surface area contributed by atoms with E-state index in [4.69, 9.17) is 0 Å². The first-order valence-electron chi connectivity index (χ1n) is 11.4. The molecule has 30 heavy (non-hydrogen) atoms. The van der Waals surface area contributed by atoms with Gasteiger partial charge in [0.2, 0.25) is 0 Å². The average Bonchev–Trinajstić information content (AvgIpc) is 2.79. The van der Waals surface area contributed by atoms with Crippen molar-refractivity contribution >= 4 is 5.78 Å². The van der Waals surface area contributed by atoms with Crippen LogP contribution in [0.15, 0.2) is 91.0 Å². The summed E-state index contributed by atoms with van der Waals surface area (Å²) in [6.07, 6.45) is 5.51. The number of hydrogen-bond acceptors (Lipinski definition) is 1. The second kappa shape index (κ2) is 6.67. The number of benzene rings is 3. The molecule has 0 N–H and O–H groups in total. The van der Waals surface area contributed by atoms with Gasteiger partial charge in [0.1, 0.15) is 5.78 Å². The summed E-state index contributed by atoms with van der Waals surface area (Å²) >= 11 is 0. The maximum Gasteiger partial charge on any atom is 0.139 e. The molecule has 7 rings (SSSR count). The molecule has 0 aliphatic heterocycles. The van der Waals surface area contributed by atoms with E-state index in [1.807, 2.05) is 0 Å². The van der Waals surface area contributed by atoms with Crippen LogP contribution in [0.2, 0.25) is 0 Å². The van der Waals surface area contributed by atoms with Crippen molar-refractivity contribution in [1.82, 2.24) is 0 Å².